The highest BCUT2D eigenvalue weighted by molar-refractivity contribution is 5.67. The van der Waals surface area contributed by atoms with Crippen LogP contribution in [0.3, 0.4) is 0 Å². The lowest BCUT2D eigenvalue weighted by atomic mass is 10.0. The summed E-state index contributed by atoms with van der Waals surface area (Å²) < 4.78 is 10.9. The number of ether oxygens (including phenoxy) is 2. The number of aliphatic carboxylic acids is 1. The van der Waals surface area contributed by atoms with Gasteiger partial charge in [-0.15, -0.1) is 0 Å². The van der Waals surface area contributed by atoms with Crippen molar-refractivity contribution >= 4 is 5.97 Å². The summed E-state index contributed by atoms with van der Waals surface area (Å²) >= 11 is 0. The molecule has 0 unspecified atom stereocenters. The van der Waals surface area contributed by atoms with Crippen molar-refractivity contribution in [2.45, 2.75) is 51.1 Å². The molecule has 0 aliphatic carbocycles. The Kier molecular flexibility index (Phi) is 3.66. The molecule has 1 saturated heterocycles. The van der Waals surface area contributed by atoms with Crippen LogP contribution in [0.2, 0.25) is 0 Å². The predicted octanol–water partition coefficient (Wildman–Crippen LogP) is 1.28. The average Bonchev–Trinajstić information content (AvgIpc) is 1.99. The summed E-state index contributed by atoms with van der Waals surface area (Å²) in [6.45, 7) is 3.46. The Hall–Kier alpha value is -1.12. The summed E-state index contributed by atoms with van der Waals surface area (Å²) in [6, 6.07) is 2.02. The van der Waals surface area contributed by atoms with Gasteiger partial charge in [-0.2, -0.15) is 5.26 Å². The van der Waals surface area contributed by atoms with Crippen molar-refractivity contribution in [1.82, 2.24) is 0 Å². The minimum atomic E-state index is -0.895. The average molecular weight is 213 g/mol. The molecule has 2 atom stereocenters. The largest absolute Gasteiger partial charge is 0.481 e. The topological polar surface area (TPSA) is 79.5 Å². The molecule has 0 aromatic heterocycles. The molecule has 1 aliphatic heterocycles. The van der Waals surface area contributed by atoms with E-state index in [9.17, 15) is 4.79 Å². The smallest absolute Gasteiger partial charge is 0.305 e. The molecule has 0 aromatic rings. The fourth-order valence-corrected chi connectivity index (χ4v) is 1.77. The number of nitriles is 1. The van der Waals surface area contributed by atoms with Crippen molar-refractivity contribution in [1.29, 1.82) is 5.26 Å². The maximum absolute atomic E-state index is 10.6. The Morgan fingerprint density at radius 3 is 2.67 bits per heavy atom. The Morgan fingerprint density at radius 2 is 2.13 bits per heavy atom. The third kappa shape index (κ3) is 3.86. The molecule has 5 nitrogen and oxygen atoms in total. The van der Waals surface area contributed by atoms with Gasteiger partial charge in [-0.3, -0.25) is 4.79 Å². The molecule has 1 aliphatic rings. The standard InChI is InChI=1S/C10H15NO4/c1-10(2)14-7(3-4-11)5-8(15-10)6-9(12)13/h7-8H,3,5-6H2,1-2H3,(H,12,13)/t7-,8-/m1/s1. The van der Waals surface area contributed by atoms with Gasteiger partial charge in [0.15, 0.2) is 5.79 Å². The highest BCUT2D eigenvalue weighted by Gasteiger charge is 2.36. The summed E-state index contributed by atoms with van der Waals surface area (Å²) in [6.07, 6.45) is 0.0775. The molecule has 0 amide bonds. The Morgan fingerprint density at radius 1 is 1.53 bits per heavy atom. The maximum Gasteiger partial charge on any atom is 0.305 e. The fraction of sp³-hybridized carbons (Fsp3) is 0.800. The van der Waals surface area contributed by atoms with Gasteiger partial charge in [0, 0.05) is 6.42 Å². The number of carboxylic acids is 1. The van der Waals surface area contributed by atoms with Gasteiger partial charge in [0.2, 0.25) is 0 Å². The zero-order valence-corrected chi connectivity index (χ0v) is 8.90. The molecule has 1 N–H and O–H groups in total. The minimum Gasteiger partial charge on any atom is -0.481 e. The summed E-state index contributed by atoms with van der Waals surface area (Å²) in [4.78, 5) is 10.6. The van der Waals surface area contributed by atoms with Gasteiger partial charge in [-0.25, -0.2) is 0 Å². The maximum atomic E-state index is 10.6. The van der Waals surface area contributed by atoms with Crippen LogP contribution in [0.4, 0.5) is 0 Å². The number of carbonyl (C=O) groups is 1. The lowest BCUT2D eigenvalue weighted by Crippen LogP contribution is -2.45. The van der Waals surface area contributed by atoms with Gasteiger partial charge in [0.25, 0.3) is 0 Å². The number of nitrogens with zero attached hydrogens (tertiary/aromatic N) is 1. The van der Waals surface area contributed by atoms with Crippen molar-refractivity contribution < 1.29 is 19.4 Å². The van der Waals surface area contributed by atoms with Crippen LogP contribution in [-0.4, -0.2) is 29.1 Å². The van der Waals surface area contributed by atoms with Gasteiger partial charge in [-0.05, 0) is 13.8 Å². The first-order valence-electron chi connectivity index (χ1n) is 4.87. The Bertz CT molecular complexity index is 282. The zero-order valence-electron chi connectivity index (χ0n) is 8.90. The van der Waals surface area contributed by atoms with E-state index in [2.05, 4.69) is 0 Å². The molecule has 1 heterocycles. The van der Waals surface area contributed by atoms with Crippen LogP contribution < -0.4 is 0 Å². The van der Waals surface area contributed by atoms with Crippen LogP contribution in [-0.2, 0) is 14.3 Å². The summed E-state index contributed by atoms with van der Waals surface area (Å²) in [5.41, 5.74) is 0. The van der Waals surface area contributed by atoms with Crippen LogP contribution in [0.1, 0.15) is 33.1 Å². The van der Waals surface area contributed by atoms with Crippen molar-refractivity contribution in [2.24, 2.45) is 0 Å². The van der Waals surface area contributed by atoms with Gasteiger partial charge in [0.05, 0.1) is 31.1 Å². The quantitative estimate of drug-likeness (QED) is 0.764. The second-order valence-electron chi connectivity index (χ2n) is 4.08. The molecule has 0 saturated carbocycles. The molecule has 84 valence electrons. The first kappa shape index (κ1) is 12.0. The van der Waals surface area contributed by atoms with Crippen molar-refractivity contribution in [3.63, 3.8) is 0 Å². The molecule has 1 rings (SSSR count). The van der Waals surface area contributed by atoms with Gasteiger partial charge >= 0.3 is 5.97 Å². The number of carboxylic acid groups (broad SMARTS) is 1. The van der Waals surface area contributed by atoms with Crippen molar-refractivity contribution in [3.05, 3.63) is 0 Å². The Labute approximate surface area is 88.6 Å². The van der Waals surface area contributed by atoms with Crippen molar-refractivity contribution in [2.75, 3.05) is 0 Å². The van der Waals surface area contributed by atoms with E-state index < -0.39 is 11.8 Å². The van der Waals surface area contributed by atoms with E-state index in [0.717, 1.165) is 0 Å². The molecule has 0 aromatic carbocycles. The normalized spacial score (nSPS) is 29.4. The molecule has 0 radical (unpaired) electrons. The van der Waals surface area contributed by atoms with E-state index in [1.807, 2.05) is 6.07 Å². The number of hydrogen-bond donors (Lipinski definition) is 1. The number of hydrogen-bond acceptors (Lipinski definition) is 4. The van der Waals surface area contributed by atoms with Crippen LogP contribution in [0.25, 0.3) is 0 Å². The van der Waals surface area contributed by atoms with E-state index in [1.54, 1.807) is 13.8 Å². The molecule has 5 heteroatoms. The van der Waals surface area contributed by atoms with E-state index in [1.165, 1.54) is 0 Å². The molecule has 1 fully saturated rings. The molecule has 0 bridgehead atoms. The third-order valence-corrected chi connectivity index (χ3v) is 2.15. The van der Waals surface area contributed by atoms with Gasteiger partial charge < -0.3 is 14.6 Å². The number of rotatable bonds is 3. The van der Waals surface area contributed by atoms with E-state index in [-0.39, 0.29) is 25.0 Å². The van der Waals surface area contributed by atoms with Gasteiger partial charge in [-0.1, -0.05) is 0 Å². The minimum absolute atomic E-state index is 0.0469. The monoisotopic (exact) mass is 213 g/mol. The molecular weight excluding hydrogens is 198 g/mol. The van der Waals surface area contributed by atoms with Gasteiger partial charge in [0.1, 0.15) is 0 Å². The van der Waals surface area contributed by atoms with E-state index >= 15 is 0 Å². The van der Waals surface area contributed by atoms with Crippen LogP contribution in [0.15, 0.2) is 0 Å². The van der Waals surface area contributed by atoms with Crippen LogP contribution in [0, 0.1) is 11.3 Å². The summed E-state index contributed by atoms with van der Waals surface area (Å²) in [7, 11) is 0. The second-order valence-corrected chi connectivity index (χ2v) is 4.08. The zero-order chi connectivity index (χ0) is 11.5. The van der Waals surface area contributed by atoms with E-state index in [4.69, 9.17) is 19.8 Å². The highest BCUT2D eigenvalue weighted by Crippen LogP contribution is 2.29. The molecular formula is C10H15NO4. The Balaban J connectivity index is 2.60. The molecule has 15 heavy (non-hydrogen) atoms. The summed E-state index contributed by atoms with van der Waals surface area (Å²) in [5.74, 6) is -1.70. The van der Waals surface area contributed by atoms with Crippen LogP contribution >= 0.6 is 0 Å². The predicted molar refractivity (Wildman–Crippen MR) is 50.9 cm³/mol. The molecule has 0 spiro atoms. The second kappa shape index (κ2) is 4.60. The lowest BCUT2D eigenvalue weighted by Gasteiger charge is -2.39. The van der Waals surface area contributed by atoms with Crippen LogP contribution in [0.5, 0.6) is 0 Å². The third-order valence-electron chi connectivity index (χ3n) is 2.15. The first-order chi connectivity index (χ1) is 6.93. The van der Waals surface area contributed by atoms with E-state index in [0.29, 0.717) is 6.42 Å². The highest BCUT2D eigenvalue weighted by atomic mass is 16.7. The van der Waals surface area contributed by atoms with Crippen molar-refractivity contribution in [3.8, 4) is 6.07 Å². The first-order valence-corrected chi connectivity index (χ1v) is 4.87. The summed E-state index contributed by atoms with van der Waals surface area (Å²) in [5, 5.41) is 17.2. The lowest BCUT2D eigenvalue weighted by molar-refractivity contribution is -0.298. The SMILES string of the molecule is CC1(C)O[C@H](CC#N)C[C@H](CC(=O)O)O1. The fourth-order valence-electron chi connectivity index (χ4n) is 1.77.